The number of nitrogens with two attached hydrogens (primary N) is 1. The lowest BCUT2D eigenvalue weighted by molar-refractivity contribution is -0.115. The molecule has 0 fully saturated rings. The molecule has 0 aromatic heterocycles. The van der Waals surface area contributed by atoms with E-state index in [-0.39, 0.29) is 5.69 Å². The first-order chi connectivity index (χ1) is 9.31. The van der Waals surface area contributed by atoms with Crippen LogP contribution in [0.1, 0.15) is 27.2 Å². The summed E-state index contributed by atoms with van der Waals surface area (Å²) in [6, 6.07) is 3.94. The lowest BCUT2D eigenvalue weighted by atomic mass is 10.2. The molecule has 0 radical (unpaired) electrons. The second-order valence-electron chi connectivity index (χ2n) is 5.14. The standard InChI is InChI=1S/C14H21FN2O2S/c1-9(2)6-7-20(19)10(3)14(18)17-13-8-11(16)4-5-12(13)15/h4-5,8-10H,6-7,16H2,1-3H3,(H,17,18). The average molecular weight is 300 g/mol. The lowest BCUT2D eigenvalue weighted by Gasteiger charge is -2.13. The number of hydrogen-bond acceptors (Lipinski definition) is 3. The van der Waals surface area contributed by atoms with Crippen molar-refractivity contribution in [1.82, 2.24) is 0 Å². The Morgan fingerprint density at radius 2 is 2.05 bits per heavy atom. The molecule has 3 N–H and O–H groups in total. The van der Waals surface area contributed by atoms with Crippen LogP contribution in [0.25, 0.3) is 0 Å². The topological polar surface area (TPSA) is 72.2 Å². The van der Waals surface area contributed by atoms with Gasteiger partial charge in [-0.1, -0.05) is 13.8 Å². The summed E-state index contributed by atoms with van der Waals surface area (Å²) >= 11 is 0. The molecule has 0 aliphatic heterocycles. The molecule has 1 amide bonds. The zero-order valence-corrected chi connectivity index (χ0v) is 12.8. The summed E-state index contributed by atoms with van der Waals surface area (Å²) < 4.78 is 25.5. The van der Waals surface area contributed by atoms with Crippen LogP contribution in [0.15, 0.2) is 18.2 Å². The van der Waals surface area contributed by atoms with Crippen molar-refractivity contribution in [3.63, 3.8) is 0 Å². The average Bonchev–Trinajstić information content (AvgIpc) is 2.39. The van der Waals surface area contributed by atoms with Crippen molar-refractivity contribution in [2.45, 2.75) is 32.4 Å². The third-order valence-electron chi connectivity index (χ3n) is 2.91. The number of hydrogen-bond donors (Lipinski definition) is 2. The van der Waals surface area contributed by atoms with Crippen molar-refractivity contribution < 1.29 is 13.4 Å². The summed E-state index contributed by atoms with van der Waals surface area (Å²) in [6.07, 6.45) is 0.789. The summed E-state index contributed by atoms with van der Waals surface area (Å²) in [5, 5.41) is 1.75. The molecule has 0 aliphatic carbocycles. The fraction of sp³-hybridized carbons (Fsp3) is 0.500. The molecule has 112 valence electrons. The number of carbonyl (C=O) groups excluding carboxylic acids is 1. The summed E-state index contributed by atoms with van der Waals surface area (Å²) in [5.74, 6) is -0.129. The predicted octanol–water partition coefficient (Wildman–Crippen LogP) is 2.53. The zero-order valence-electron chi connectivity index (χ0n) is 12.0. The van der Waals surface area contributed by atoms with Gasteiger partial charge in [-0.25, -0.2) is 4.39 Å². The molecule has 6 heteroatoms. The monoisotopic (exact) mass is 300 g/mol. The molecule has 0 heterocycles. The maximum atomic E-state index is 13.5. The van der Waals surface area contributed by atoms with Gasteiger partial charge >= 0.3 is 0 Å². The van der Waals surface area contributed by atoms with Crippen molar-refractivity contribution in [2.75, 3.05) is 16.8 Å². The van der Waals surface area contributed by atoms with E-state index >= 15 is 0 Å². The Morgan fingerprint density at radius 1 is 1.40 bits per heavy atom. The van der Waals surface area contributed by atoms with Crippen molar-refractivity contribution >= 4 is 28.1 Å². The van der Waals surface area contributed by atoms with Gasteiger partial charge in [0.25, 0.3) is 0 Å². The van der Waals surface area contributed by atoms with Crippen molar-refractivity contribution in [3.8, 4) is 0 Å². The van der Waals surface area contributed by atoms with E-state index in [1.54, 1.807) is 6.92 Å². The normalized spacial score (nSPS) is 14.1. The summed E-state index contributed by atoms with van der Waals surface area (Å²) in [7, 11) is -1.27. The summed E-state index contributed by atoms with van der Waals surface area (Å²) in [5.41, 5.74) is 5.92. The third kappa shape index (κ3) is 4.92. The number of rotatable bonds is 6. The largest absolute Gasteiger partial charge is 0.399 e. The van der Waals surface area contributed by atoms with Crippen LogP contribution in [0, 0.1) is 11.7 Å². The molecular formula is C14H21FN2O2S. The van der Waals surface area contributed by atoms with Gasteiger partial charge in [-0.15, -0.1) is 0 Å². The number of nitrogens with one attached hydrogen (secondary N) is 1. The second-order valence-corrected chi connectivity index (χ2v) is 7.01. The van der Waals surface area contributed by atoms with Crippen LogP contribution in [0.3, 0.4) is 0 Å². The van der Waals surface area contributed by atoms with E-state index in [0.29, 0.717) is 17.4 Å². The van der Waals surface area contributed by atoms with Crippen LogP contribution >= 0.6 is 0 Å². The maximum Gasteiger partial charge on any atom is 0.239 e. The van der Waals surface area contributed by atoms with Crippen LogP contribution in [0.4, 0.5) is 15.8 Å². The van der Waals surface area contributed by atoms with Crippen LogP contribution in [0.2, 0.25) is 0 Å². The predicted molar refractivity (Wildman–Crippen MR) is 81.4 cm³/mol. The fourth-order valence-electron chi connectivity index (χ4n) is 1.52. The molecule has 20 heavy (non-hydrogen) atoms. The minimum Gasteiger partial charge on any atom is -0.399 e. The molecule has 1 aromatic carbocycles. The van der Waals surface area contributed by atoms with Crippen molar-refractivity contribution in [1.29, 1.82) is 0 Å². The van der Waals surface area contributed by atoms with Gasteiger partial charge in [0.2, 0.25) is 5.91 Å². The molecule has 1 aromatic rings. The highest BCUT2D eigenvalue weighted by molar-refractivity contribution is 7.86. The number of anilines is 2. The zero-order chi connectivity index (χ0) is 15.3. The highest BCUT2D eigenvalue weighted by atomic mass is 32.2. The third-order valence-corrected chi connectivity index (χ3v) is 4.55. The Kier molecular flexibility index (Phi) is 6.13. The summed E-state index contributed by atoms with van der Waals surface area (Å²) in [6.45, 7) is 5.64. The van der Waals surface area contributed by atoms with Gasteiger partial charge in [0.05, 0.1) is 5.69 Å². The Morgan fingerprint density at radius 3 is 2.65 bits per heavy atom. The highest BCUT2D eigenvalue weighted by Gasteiger charge is 2.21. The van der Waals surface area contributed by atoms with Gasteiger partial charge in [-0.3, -0.25) is 9.00 Å². The highest BCUT2D eigenvalue weighted by Crippen LogP contribution is 2.18. The number of amides is 1. The Labute approximate surface area is 121 Å². The molecule has 1 rings (SSSR count). The molecule has 2 unspecified atom stereocenters. The summed E-state index contributed by atoms with van der Waals surface area (Å²) in [4.78, 5) is 12.0. The van der Waals surface area contributed by atoms with E-state index in [1.165, 1.54) is 18.2 Å². The lowest BCUT2D eigenvalue weighted by Crippen LogP contribution is -2.30. The van der Waals surface area contributed by atoms with E-state index in [0.717, 1.165) is 6.42 Å². The Bertz CT molecular complexity index is 506. The Hall–Kier alpha value is -1.43. The smallest absolute Gasteiger partial charge is 0.239 e. The van der Waals surface area contributed by atoms with E-state index < -0.39 is 27.8 Å². The quantitative estimate of drug-likeness (QED) is 0.793. The first kappa shape index (κ1) is 16.6. The van der Waals surface area contributed by atoms with E-state index in [2.05, 4.69) is 5.32 Å². The van der Waals surface area contributed by atoms with Crippen LogP contribution in [-0.4, -0.2) is 21.1 Å². The minimum atomic E-state index is -1.27. The molecule has 2 atom stereocenters. The van der Waals surface area contributed by atoms with Gasteiger partial charge in [0, 0.05) is 22.2 Å². The first-order valence-corrected chi connectivity index (χ1v) is 7.92. The van der Waals surface area contributed by atoms with Crippen LogP contribution in [-0.2, 0) is 15.6 Å². The van der Waals surface area contributed by atoms with Gasteiger partial charge in [0.1, 0.15) is 11.1 Å². The molecule has 0 spiro atoms. The molecule has 0 saturated heterocycles. The fourth-order valence-corrected chi connectivity index (χ4v) is 2.88. The number of carbonyl (C=O) groups is 1. The number of nitrogen functional groups attached to an aromatic ring is 1. The van der Waals surface area contributed by atoms with E-state index in [1.807, 2.05) is 13.8 Å². The molecule has 0 aliphatic rings. The number of halogens is 1. The van der Waals surface area contributed by atoms with Crippen LogP contribution < -0.4 is 11.1 Å². The first-order valence-electron chi connectivity index (χ1n) is 6.54. The molecule has 0 saturated carbocycles. The van der Waals surface area contributed by atoms with E-state index in [9.17, 15) is 13.4 Å². The van der Waals surface area contributed by atoms with Gasteiger partial charge in [-0.2, -0.15) is 0 Å². The van der Waals surface area contributed by atoms with Gasteiger partial charge in [-0.05, 0) is 37.5 Å². The van der Waals surface area contributed by atoms with Crippen LogP contribution in [0.5, 0.6) is 0 Å². The second kappa shape index (κ2) is 7.38. The van der Waals surface area contributed by atoms with Crippen molar-refractivity contribution in [3.05, 3.63) is 24.0 Å². The SMILES string of the molecule is CC(C)CCS(=O)C(C)C(=O)Nc1cc(N)ccc1F. The molecule has 0 bridgehead atoms. The molecular weight excluding hydrogens is 279 g/mol. The maximum absolute atomic E-state index is 13.5. The Balaban J connectivity index is 2.65. The van der Waals surface area contributed by atoms with Crippen molar-refractivity contribution in [2.24, 2.45) is 5.92 Å². The van der Waals surface area contributed by atoms with Gasteiger partial charge in [0.15, 0.2) is 0 Å². The van der Waals surface area contributed by atoms with E-state index in [4.69, 9.17) is 5.73 Å². The minimum absolute atomic E-state index is 0.0164. The number of benzene rings is 1. The molecule has 4 nitrogen and oxygen atoms in total. The van der Waals surface area contributed by atoms with Gasteiger partial charge < -0.3 is 11.1 Å².